The smallest absolute Gasteiger partial charge is 0.416 e. The summed E-state index contributed by atoms with van der Waals surface area (Å²) in [7, 11) is 0. The highest BCUT2D eigenvalue weighted by Gasteiger charge is 2.30. The second-order valence-corrected chi connectivity index (χ2v) is 4.76. The predicted octanol–water partition coefficient (Wildman–Crippen LogP) is 5.23. The molecular weight excluding hydrogens is 277 g/mol. The highest BCUT2D eigenvalue weighted by Crippen LogP contribution is 2.37. The lowest BCUT2D eigenvalue weighted by molar-refractivity contribution is -0.137. The lowest BCUT2D eigenvalue weighted by Crippen LogP contribution is -2.04. The quantitative estimate of drug-likeness (QED) is 0.650. The third kappa shape index (κ3) is 2.44. The Bertz CT molecular complexity index is 789. The number of rotatable bonds is 1. The maximum absolute atomic E-state index is 12.6. The second-order valence-electron chi connectivity index (χ2n) is 4.76. The summed E-state index contributed by atoms with van der Waals surface area (Å²) in [4.78, 5) is 0. The lowest BCUT2D eigenvalue weighted by Gasteiger charge is -2.11. The zero-order valence-corrected chi connectivity index (χ0v) is 10.9. The Hall–Kier alpha value is -2.49. The molecule has 0 aliphatic carbocycles. The van der Waals surface area contributed by atoms with Crippen molar-refractivity contribution in [2.45, 2.75) is 6.18 Å². The average Bonchev–Trinajstić information content (AvgIpc) is 2.46. The van der Waals surface area contributed by atoms with E-state index in [0.29, 0.717) is 11.1 Å². The fourth-order valence-corrected chi connectivity index (χ4v) is 2.39. The number of phenols is 1. The van der Waals surface area contributed by atoms with Crippen LogP contribution in [0.3, 0.4) is 0 Å². The molecule has 0 bridgehead atoms. The van der Waals surface area contributed by atoms with E-state index in [1.165, 1.54) is 12.1 Å². The number of phenolic OH excluding ortho intramolecular Hbond substituents is 1. The summed E-state index contributed by atoms with van der Waals surface area (Å²) in [6, 6.07) is 15.6. The zero-order chi connectivity index (χ0) is 15.0. The largest absolute Gasteiger partial charge is 0.507 e. The predicted molar refractivity (Wildman–Crippen MR) is 76.1 cm³/mol. The van der Waals surface area contributed by atoms with E-state index in [2.05, 4.69) is 0 Å². The Labute approximate surface area is 119 Å². The Morgan fingerprint density at radius 2 is 1.43 bits per heavy atom. The van der Waals surface area contributed by atoms with Crippen molar-refractivity contribution in [3.8, 4) is 16.9 Å². The SMILES string of the molecule is Oc1ccc2ccccc2c1-c1ccc(C(F)(F)F)cc1. The standard InChI is InChI=1S/C17H11F3O/c18-17(19,20)13-8-5-12(6-9-13)16-14-4-2-1-3-11(14)7-10-15(16)21/h1-10,21H. The highest BCUT2D eigenvalue weighted by molar-refractivity contribution is 5.99. The summed E-state index contributed by atoms with van der Waals surface area (Å²) in [6.07, 6.45) is -4.36. The molecule has 21 heavy (non-hydrogen) atoms. The van der Waals surface area contributed by atoms with Gasteiger partial charge in [0, 0.05) is 5.56 Å². The number of halogens is 3. The molecule has 0 amide bonds. The molecule has 0 heterocycles. The summed E-state index contributed by atoms with van der Waals surface area (Å²) in [6.45, 7) is 0. The van der Waals surface area contributed by atoms with Crippen LogP contribution in [0.4, 0.5) is 13.2 Å². The summed E-state index contributed by atoms with van der Waals surface area (Å²) in [5.74, 6) is 0.0495. The first-order chi connectivity index (χ1) is 9.97. The van der Waals surface area contributed by atoms with Gasteiger partial charge >= 0.3 is 6.18 Å². The molecule has 0 saturated heterocycles. The van der Waals surface area contributed by atoms with Crippen molar-refractivity contribution in [1.29, 1.82) is 0 Å². The van der Waals surface area contributed by atoms with Gasteiger partial charge in [0.05, 0.1) is 5.56 Å². The lowest BCUT2D eigenvalue weighted by atomic mass is 9.96. The number of fused-ring (bicyclic) bond motifs is 1. The Morgan fingerprint density at radius 3 is 2.10 bits per heavy atom. The molecule has 0 aliphatic rings. The second kappa shape index (κ2) is 4.81. The first kappa shape index (κ1) is 13.5. The maximum atomic E-state index is 12.6. The van der Waals surface area contributed by atoms with E-state index < -0.39 is 11.7 Å². The van der Waals surface area contributed by atoms with Crippen LogP contribution in [0.1, 0.15) is 5.56 Å². The minimum atomic E-state index is -4.36. The van der Waals surface area contributed by atoms with Crippen molar-refractivity contribution in [3.05, 3.63) is 66.2 Å². The van der Waals surface area contributed by atoms with Crippen LogP contribution in [0.5, 0.6) is 5.75 Å². The molecule has 4 heteroatoms. The molecule has 1 nitrogen and oxygen atoms in total. The molecule has 0 aromatic heterocycles. The van der Waals surface area contributed by atoms with Crippen LogP contribution in [0, 0.1) is 0 Å². The molecule has 3 rings (SSSR count). The van der Waals surface area contributed by atoms with E-state index in [4.69, 9.17) is 0 Å². The number of hydrogen-bond acceptors (Lipinski definition) is 1. The number of benzene rings is 3. The van der Waals surface area contributed by atoms with Gasteiger partial charge in [-0.05, 0) is 34.5 Å². The van der Waals surface area contributed by atoms with Crippen LogP contribution in [-0.2, 0) is 6.18 Å². The molecule has 0 unspecified atom stereocenters. The van der Waals surface area contributed by atoms with Gasteiger partial charge in [-0.3, -0.25) is 0 Å². The zero-order valence-electron chi connectivity index (χ0n) is 10.9. The topological polar surface area (TPSA) is 20.2 Å². The van der Waals surface area contributed by atoms with E-state index in [1.54, 1.807) is 12.1 Å². The van der Waals surface area contributed by atoms with Gasteiger partial charge < -0.3 is 5.11 Å². The monoisotopic (exact) mass is 288 g/mol. The molecule has 0 saturated carbocycles. The molecule has 3 aromatic rings. The van der Waals surface area contributed by atoms with E-state index in [1.807, 2.05) is 24.3 Å². The average molecular weight is 288 g/mol. The van der Waals surface area contributed by atoms with Crippen molar-refractivity contribution < 1.29 is 18.3 Å². The molecule has 0 fully saturated rings. The van der Waals surface area contributed by atoms with Crippen LogP contribution in [-0.4, -0.2) is 5.11 Å². The van der Waals surface area contributed by atoms with E-state index in [9.17, 15) is 18.3 Å². The fourth-order valence-electron chi connectivity index (χ4n) is 2.39. The first-order valence-corrected chi connectivity index (χ1v) is 6.35. The third-order valence-corrected chi connectivity index (χ3v) is 3.41. The summed E-state index contributed by atoms with van der Waals surface area (Å²) in [5.41, 5.74) is 0.394. The number of alkyl halides is 3. The molecule has 3 aromatic carbocycles. The minimum Gasteiger partial charge on any atom is -0.507 e. The van der Waals surface area contributed by atoms with Crippen LogP contribution in [0.15, 0.2) is 60.7 Å². The molecule has 0 radical (unpaired) electrons. The van der Waals surface area contributed by atoms with Crippen LogP contribution < -0.4 is 0 Å². The van der Waals surface area contributed by atoms with Crippen molar-refractivity contribution in [3.63, 3.8) is 0 Å². The van der Waals surface area contributed by atoms with Gasteiger partial charge in [0.25, 0.3) is 0 Å². The summed E-state index contributed by atoms with van der Waals surface area (Å²) < 4.78 is 37.8. The van der Waals surface area contributed by atoms with Crippen molar-refractivity contribution >= 4 is 10.8 Å². The van der Waals surface area contributed by atoms with Gasteiger partial charge in [-0.1, -0.05) is 42.5 Å². The minimum absolute atomic E-state index is 0.0495. The third-order valence-electron chi connectivity index (χ3n) is 3.41. The number of hydrogen-bond donors (Lipinski definition) is 1. The van der Waals surface area contributed by atoms with Crippen molar-refractivity contribution in [1.82, 2.24) is 0 Å². The molecule has 0 spiro atoms. The molecular formula is C17H11F3O. The Morgan fingerprint density at radius 1 is 0.762 bits per heavy atom. The van der Waals surface area contributed by atoms with Gasteiger partial charge in [0.1, 0.15) is 5.75 Å². The molecule has 0 aliphatic heterocycles. The van der Waals surface area contributed by atoms with Gasteiger partial charge in [0.15, 0.2) is 0 Å². The first-order valence-electron chi connectivity index (χ1n) is 6.35. The van der Waals surface area contributed by atoms with Gasteiger partial charge in [-0.2, -0.15) is 13.2 Å². The van der Waals surface area contributed by atoms with Crippen molar-refractivity contribution in [2.24, 2.45) is 0 Å². The Kier molecular flexibility index (Phi) is 3.09. The van der Waals surface area contributed by atoms with Crippen molar-refractivity contribution in [2.75, 3.05) is 0 Å². The Balaban J connectivity index is 2.19. The van der Waals surface area contributed by atoms with Crippen LogP contribution in [0.2, 0.25) is 0 Å². The van der Waals surface area contributed by atoms with E-state index in [-0.39, 0.29) is 5.75 Å². The summed E-state index contributed by atoms with van der Waals surface area (Å²) in [5, 5.41) is 11.8. The van der Waals surface area contributed by atoms with Gasteiger partial charge in [-0.25, -0.2) is 0 Å². The molecule has 0 atom stereocenters. The van der Waals surface area contributed by atoms with E-state index in [0.717, 1.165) is 22.9 Å². The number of aromatic hydroxyl groups is 1. The van der Waals surface area contributed by atoms with Crippen LogP contribution >= 0.6 is 0 Å². The normalized spacial score (nSPS) is 11.8. The summed E-state index contributed by atoms with van der Waals surface area (Å²) >= 11 is 0. The fraction of sp³-hybridized carbons (Fsp3) is 0.0588. The van der Waals surface area contributed by atoms with Crippen LogP contribution in [0.25, 0.3) is 21.9 Å². The molecule has 1 N–H and O–H groups in total. The van der Waals surface area contributed by atoms with Gasteiger partial charge in [0.2, 0.25) is 0 Å². The van der Waals surface area contributed by atoms with E-state index >= 15 is 0 Å². The van der Waals surface area contributed by atoms with Gasteiger partial charge in [-0.15, -0.1) is 0 Å². The highest BCUT2D eigenvalue weighted by atomic mass is 19.4. The molecule has 106 valence electrons. The maximum Gasteiger partial charge on any atom is 0.416 e.